The molecular formula is C17H31N3P+. The zero-order chi connectivity index (χ0) is 16.6. The molecule has 0 saturated carbocycles. The van der Waals surface area contributed by atoms with Gasteiger partial charge in [-0.1, -0.05) is 40.0 Å². The molecule has 0 fully saturated rings. The SMILES string of the molecule is CCCC[P+](C)(CCCC)CCCC.N#CC(C#N)C#N. The lowest BCUT2D eigenvalue weighted by molar-refractivity contribution is 0.838. The van der Waals surface area contributed by atoms with Crippen LogP contribution in [0.4, 0.5) is 0 Å². The third kappa shape index (κ3) is 13.6. The Morgan fingerprint density at radius 1 is 0.714 bits per heavy atom. The van der Waals surface area contributed by atoms with Gasteiger partial charge in [0.15, 0.2) is 0 Å². The Morgan fingerprint density at radius 2 is 1.00 bits per heavy atom. The summed E-state index contributed by atoms with van der Waals surface area (Å²) in [5.74, 6) is -1.10. The molecule has 0 unspecified atom stereocenters. The summed E-state index contributed by atoms with van der Waals surface area (Å²) in [4.78, 5) is 0. The maximum absolute atomic E-state index is 7.83. The van der Waals surface area contributed by atoms with Crippen LogP contribution in [0.5, 0.6) is 0 Å². The van der Waals surface area contributed by atoms with Gasteiger partial charge in [-0.05, 0) is 19.3 Å². The Kier molecular flexibility index (Phi) is 16.2. The molecule has 21 heavy (non-hydrogen) atoms. The van der Waals surface area contributed by atoms with Gasteiger partial charge < -0.3 is 0 Å². The molecule has 0 aromatic rings. The van der Waals surface area contributed by atoms with Crippen molar-refractivity contribution in [1.29, 1.82) is 15.8 Å². The number of hydrogen-bond acceptors (Lipinski definition) is 3. The Hall–Kier alpha value is -1.10. The highest BCUT2D eigenvalue weighted by Gasteiger charge is 2.28. The van der Waals surface area contributed by atoms with Crippen LogP contribution in [0.1, 0.15) is 59.3 Å². The molecule has 0 aromatic heterocycles. The van der Waals surface area contributed by atoms with Crippen molar-refractivity contribution in [2.24, 2.45) is 5.92 Å². The van der Waals surface area contributed by atoms with Crippen LogP contribution < -0.4 is 0 Å². The van der Waals surface area contributed by atoms with Gasteiger partial charge in [0.05, 0.1) is 36.7 Å². The van der Waals surface area contributed by atoms with Gasteiger partial charge in [-0.25, -0.2) is 0 Å². The molecule has 0 N–H and O–H groups in total. The molecular weight excluding hydrogens is 277 g/mol. The predicted molar refractivity (Wildman–Crippen MR) is 92.5 cm³/mol. The minimum absolute atomic E-state index is 0.519. The van der Waals surface area contributed by atoms with Crippen LogP contribution in [-0.2, 0) is 0 Å². The summed E-state index contributed by atoms with van der Waals surface area (Å²) < 4.78 is 0. The van der Waals surface area contributed by atoms with Gasteiger partial charge >= 0.3 is 0 Å². The number of hydrogen-bond donors (Lipinski definition) is 0. The average molecular weight is 308 g/mol. The fourth-order valence-corrected chi connectivity index (χ4v) is 5.95. The first-order valence-corrected chi connectivity index (χ1v) is 10.8. The normalized spacial score (nSPS) is 10.0. The van der Waals surface area contributed by atoms with Gasteiger partial charge in [0.25, 0.3) is 0 Å². The number of unbranched alkanes of at least 4 members (excludes halogenated alkanes) is 3. The number of nitrogens with zero attached hydrogens (tertiary/aromatic N) is 3. The standard InChI is InChI=1S/C13H30P.C4HN3/c1-5-8-11-14(4,12-9-6-2)13-10-7-3;5-1-4(2-6)3-7/h5-13H2,1-4H3;4H/q+1;. The Balaban J connectivity index is 0. The van der Waals surface area contributed by atoms with Gasteiger partial charge in [-0.3, -0.25) is 0 Å². The van der Waals surface area contributed by atoms with E-state index in [4.69, 9.17) is 15.8 Å². The highest BCUT2D eigenvalue weighted by Crippen LogP contribution is 2.57. The minimum Gasteiger partial charge on any atom is -0.196 e. The van der Waals surface area contributed by atoms with Crippen molar-refractivity contribution in [3.05, 3.63) is 0 Å². The number of rotatable bonds is 9. The first-order valence-electron chi connectivity index (χ1n) is 8.05. The smallest absolute Gasteiger partial charge is 0.196 e. The van der Waals surface area contributed by atoms with E-state index in [0.29, 0.717) is 0 Å². The second kappa shape index (κ2) is 15.3. The Bertz CT molecular complexity index is 305. The van der Waals surface area contributed by atoms with E-state index in [1.165, 1.54) is 56.7 Å². The molecule has 4 heteroatoms. The topological polar surface area (TPSA) is 71.4 Å². The number of nitriles is 3. The molecule has 0 radical (unpaired) electrons. The Labute approximate surface area is 132 Å². The van der Waals surface area contributed by atoms with E-state index in [1.54, 1.807) is 18.5 Å². The Morgan fingerprint density at radius 3 is 1.14 bits per heavy atom. The zero-order valence-corrected chi connectivity index (χ0v) is 15.1. The lowest BCUT2D eigenvalue weighted by Crippen LogP contribution is -2.07. The first-order chi connectivity index (χ1) is 10.0. The van der Waals surface area contributed by atoms with Crippen LogP contribution >= 0.6 is 7.26 Å². The van der Waals surface area contributed by atoms with Gasteiger partial charge in [-0.2, -0.15) is 15.8 Å². The molecule has 0 bridgehead atoms. The van der Waals surface area contributed by atoms with Crippen molar-refractivity contribution in [3.8, 4) is 18.2 Å². The first kappa shape index (κ1) is 22.2. The molecule has 0 aromatic carbocycles. The molecule has 0 heterocycles. The van der Waals surface area contributed by atoms with Crippen LogP contribution in [0.2, 0.25) is 0 Å². The molecule has 0 spiro atoms. The van der Waals surface area contributed by atoms with Gasteiger partial charge in [0.1, 0.15) is 0 Å². The van der Waals surface area contributed by atoms with Gasteiger partial charge in [0.2, 0.25) is 5.92 Å². The summed E-state index contributed by atoms with van der Waals surface area (Å²) in [5.41, 5.74) is 0. The molecule has 0 rings (SSSR count). The van der Waals surface area contributed by atoms with E-state index >= 15 is 0 Å². The summed E-state index contributed by atoms with van der Waals surface area (Å²) in [5, 5.41) is 23.5. The molecule has 3 nitrogen and oxygen atoms in total. The van der Waals surface area contributed by atoms with E-state index in [0.717, 1.165) is 0 Å². The monoisotopic (exact) mass is 308 g/mol. The second-order valence-electron chi connectivity index (χ2n) is 5.67. The zero-order valence-electron chi connectivity index (χ0n) is 14.2. The lowest BCUT2D eigenvalue weighted by atomic mass is 10.2. The van der Waals surface area contributed by atoms with Crippen LogP contribution in [0.3, 0.4) is 0 Å². The largest absolute Gasteiger partial charge is 0.218 e. The maximum Gasteiger partial charge on any atom is 0.218 e. The summed E-state index contributed by atoms with van der Waals surface area (Å²) >= 11 is 0. The maximum atomic E-state index is 7.83. The van der Waals surface area contributed by atoms with E-state index in [-0.39, 0.29) is 0 Å². The van der Waals surface area contributed by atoms with Crippen LogP contribution in [0.25, 0.3) is 0 Å². The van der Waals surface area contributed by atoms with Crippen LogP contribution in [-0.4, -0.2) is 25.2 Å². The highest BCUT2D eigenvalue weighted by molar-refractivity contribution is 7.75. The minimum atomic E-state index is -1.10. The van der Waals surface area contributed by atoms with Crippen molar-refractivity contribution in [3.63, 3.8) is 0 Å². The molecule has 0 atom stereocenters. The van der Waals surface area contributed by atoms with E-state index in [1.807, 2.05) is 0 Å². The summed E-state index contributed by atoms with van der Waals surface area (Å²) in [6, 6.07) is 4.44. The highest BCUT2D eigenvalue weighted by atomic mass is 31.2. The van der Waals surface area contributed by atoms with Crippen LogP contribution in [0, 0.1) is 39.9 Å². The summed E-state index contributed by atoms with van der Waals surface area (Å²) in [7, 11) is -0.519. The summed E-state index contributed by atoms with van der Waals surface area (Å²) in [6.45, 7) is 9.59. The van der Waals surface area contributed by atoms with Gasteiger partial charge in [-0.15, -0.1) is 0 Å². The third-order valence-corrected chi connectivity index (χ3v) is 7.73. The van der Waals surface area contributed by atoms with Gasteiger partial charge in [0, 0.05) is 13.9 Å². The van der Waals surface area contributed by atoms with Crippen molar-refractivity contribution in [2.75, 3.05) is 25.2 Å². The third-order valence-electron chi connectivity index (χ3n) is 3.54. The summed E-state index contributed by atoms with van der Waals surface area (Å²) in [6.07, 6.45) is 13.2. The molecule has 118 valence electrons. The molecule has 0 aliphatic carbocycles. The van der Waals surface area contributed by atoms with E-state index < -0.39 is 13.2 Å². The fraction of sp³-hybridized carbons (Fsp3) is 0.824. The van der Waals surface area contributed by atoms with Crippen molar-refractivity contribution < 1.29 is 0 Å². The van der Waals surface area contributed by atoms with Crippen molar-refractivity contribution in [2.45, 2.75) is 59.3 Å². The second-order valence-corrected chi connectivity index (χ2v) is 10.3. The molecule has 0 aliphatic heterocycles. The molecule has 0 amide bonds. The average Bonchev–Trinajstić information content (AvgIpc) is 2.51. The van der Waals surface area contributed by atoms with E-state index in [2.05, 4.69) is 27.4 Å². The lowest BCUT2D eigenvalue weighted by Gasteiger charge is -2.22. The van der Waals surface area contributed by atoms with Crippen molar-refractivity contribution >= 4 is 7.26 Å². The fourth-order valence-electron chi connectivity index (χ4n) is 2.04. The predicted octanol–water partition coefficient (Wildman–Crippen LogP) is 5.21. The van der Waals surface area contributed by atoms with Crippen molar-refractivity contribution in [1.82, 2.24) is 0 Å². The van der Waals surface area contributed by atoms with E-state index in [9.17, 15) is 0 Å². The molecule has 0 aliphatic rings. The van der Waals surface area contributed by atoms with Crippen LogP contribution in [0.15, 0.2) is 0 Å². The molecule has 0 saturated heterocycles. The quantitative estimate of drug-likeness (QED) is 0.549.